The quantitative estimate of drug-likeness (QED) is 0.368. The van der Waals surface area contributed by atoms with Gasteiger partial charge in [0.15, 0.2) is 0 Å². The van der Waals surface area contributed by atoms with Crippen molar-refractivity contribution in [3.05, 3.63) is 44.1 Å². The number of anilines is 2. The number of carboxylic acids is 1. The molecule has 1 atom stereocenters. The van der Waals surface area contributed by atoms with Gasteiger partial charge >= 0.3 is 5.97 Å². The van der Waals surface area contributed by atoms with Gasteiger partial charge in [0, 0.05) is 48.0 Å². The largest absolute Gasteiger partial charge is 0.477 e. The highest BCUT2D eigenvalue weighted by Gasteiger charge is 2.33. The van der Waals surface area contributed by atoms with Crippen LogP contribution in [0.5, 0.6) is 0 Å². The Morgan fingerprint density at radius 2 is 2.09 bits per heavy atom. The van der Waals surface area contributed by atoms with E-state index < -0.39 is 11.4 Å². The van der Waals surface area contributed by atoms with Crippen LogP contribution in [0.15, 0.2) is 32.7 Å². The molecule has 1 saturated carbocycles. The van der Waals surface area contributed by atoms with Crippen LogP contribution in [0.25, 0.3) is 10.9 Å². The Morgan fingerprint density at radius 1 is 1.34 bits per heavy atom. The molecule has 2 aromatic rings. The first-order valence-electron chi connectivity index (χ1n) is 10.8. The van der Waals surface area contributed by atoms with E-state index in [0.717, 1.165) is 59.6 Å². The van der Waals surface area contributed by atoms with E-state index in [1.54, 1.807) is 6.07 Å². The molecule has 5 rings (SSSR count). The van der Waals surface area contributed by atoms with E-state index in [0.29, 0.717) is 17.6 Å². The fourth-order valence-corrected chi connectivity index (χ4v) is 6.22. The number of aromatic nitrogens is 1. The number of nitrogen functional groups attached to an aromatic ring is 1. The topological polar surface area (TPSA) is 121 Å². The van der Waals surface area contributed by atoms with Gasteiger partial charge in [-0.25, -0.2) is 4.79 Å². The van der Waals surface area contributed by atoms with E-state index in [2.05, 4.69) is 17.0 Å². The van der Waals surface area contributed by atoms with Crippen LogP contribution in [0, 0.1) is 12.8 Å². The Morgan fingerprint density at radius 3 is 2.75 bits per heavy atom. The zero-order valence-corrected chi connectivity index (χ0v) is 18.9. The summed E-state index contributed by atoms with van der Waals surface area (Å²) in [7, 11) is 0. The summed E-state index contributed by atoms with van der Waals surface area (Å²) >= 11 is 1.83. The molecule has 0 amide bonds. The van der Waals surface area contributed by atoms with Gasteiger partial charge in [0.2, 0.25) is 5.43 Å². The fraction of sp³-hybridized carbons (Fsp3) is 0.435. The van der Waals surface area contributed by atoms with E-state index in [1.165, 1.54) is 11.1 Å². The van der Waals surface area contributed by atoms with E-state index in [9.17, 15) is 19.9 Å². The summed E-state index contributed by atoms with van der Waals surface area (Å²) in [5, 5.41) is 23.1. The predicted molar refractivity (Wildman–Crippen MR) is 127 cm³/mol. The lowest BCUT2D eigenvalue weighted by Crippen LogP contribution is -2.38. The van der Waals surface area contributed by atoms with E-state index in [4.69, 9.17) is 5.73 Å². The Labute approximate surface area is 189 Å². The van der Waals surface area contributed by atoms with Crippen LogP contribution < -0.4 is 16.1 Å². The summed E-state index contributed by atoms with van der Waals surface area (Å²) in [6.45, 7) is 5.38. The maximum Gasteiger partial charge on any atom is 0.341 e. The number of nitrogens with two attached hydrogens (primary N) is 1. The minimum Gasteiger partial charge on any atom is -0.477 e. The Balaban J connectivity index is 1.67. The molecule has 32 heavy (non-hydrogen) atoms. The number of carboxylic acid groups (broad SMARTS) is 1. The van der Waals surface area contributed by atoms with Crippen LogP contribution in [0.3, 0.4) is 0 Å². The number of nitrogens with zero attached hydrogens (tertiary/aromatic N) is 3. The normalized spacial score (nSPS) is 22.5. The molecule has 1 aromatic carbocycles. The van der Waals surface area contributed by atoms with Crippen molar-refractivity contribution in [3.8, 4) is 0 Å². The number of oxime groups is 1. The highest BCUT2D eigenvalue weighted by atomic mass is 32.2. The zero-order valence-electron chi connectivity index (χ0n) is 18.1. The molecule has 1 unspecified atom stereocenters. The molecule has 168 valence electrons. The number of thioether (sulfide) groups is 1. The van der Waals surface area contributed by atoms with E-state index in [1.807, 2.05) is 23.3 Å². The molecule has 1 aliphatic carbocycles. The van der Waals surface area contributed by atoms with Crippen molar-refractivity contribution < 1.29 is 15.1 Å². The van der Waals surface area contributed by atoms with Gasteiger partial charge in [-0.1, -0.05) is 12.1 Å². The number of aromatic carboxylic acids is 1. The molecule has 1 fully saturated rings. The van der Waals surface area contributed by atoms with Crippen LogP contribution in [-0.2, 0) is 0 Å². The summed E-state index contributed by atoms with van der Waals surface area (Å²) in [6.07, 6.45) is 4.25. The van der Waals surface area contributed by atoms with Crippen molar-refractivity contribution in [1.29, 1.82) is 0 Å². The van der Waals surface area contributed by atoms with Crippen molar-refractivity contribution in [2.45, 2.75) is 39.2 Å². The van der Waals surface area contributed by atoms with Crippen molar-refractivity contribution in [2.75, 3.05) is 29.5 Å². The minimum absolute atomic E-state index is 0.174. The Bertz CT molecular complexity index is 1280. The number of hydrogen-bond acceptors (Lipinski definition) is 7. The second-order valence-corrected chi connectivity index (χ2v) is 10.0. The molecule has 4 N–H and O–H groups in total. The smallest absolute Gasteiger partial charge is 0.341 e. The molecule has 1 aromatic heterocycles. The van der Waals surface area contributed by atoms with Crippen molar-refractivity contribution in [1.82, 2.24) is 4.57 Å². The van der Waals surface area contributed by atoms with Crippen molar-refractivity contribution in [3.63, 3.8) is 0 Å². The third-order valence-electron chi connectivity index (χ3n) is 6.73. The van der Waals surface area contributed by atoms with Crippen molar-refractivity contribution >= 4 is 45.7 Å². The van der Waals surface area contributed by atoms with Gasteiger partial charge in [0.25, 0.3) is 0 Å². The molecule has 3 heterocycles. The molecule has 0 spiro atoms. The van der Waals surface area contributed by atoms with Gasteiger partial charge in [0.05, 0.1) is 22.6 Å². The maximum absolute atomic E-state index is 12.9. The lowest BCUT2D eigenvalue weighted by molar-refractivity contribution is 0.0695. The summed E-state index contributed by atoms with van der Waals surface area (Å²) in [4.78, 5) is 28.1. The standard InChI is InChI=1S/C23H26N4O4S/c1-11-10-32-18-5-6-26(8-15(18)19(11)25-31)21-12(2)20-14(7-17(21)24)22(28)16(23(29)30)9-27(20)13-3-4-13/h7,9,11,13,31H,3-6,8,10,24H2,1-2H3,(H,29,30)/b25-19+. The predicted octanol–water partition coefficient (Wildman–Crippen LogP) is 3.60. The van der Waals surface area contributed by atoms with Crippen LogP contribution in [0.2, 0.25) is 0 Å². The average molecular weight is 455 g/mol. The molecular formula is C23H26N4O4S. The number of rotatable bonds is 3. The number of pyridine rings is 1. The average Bonchev–Trinajstić information content (AvgIpc) is 3.59. The fourth-order valence-electron chi connectivity index (χ4n) is 5.03. The second kappa shape index (κ2) is 7.58. The lowest BCUT2D eigenvalue weighted by Gasteiger charge is -2.37. The first-order valence-corrected chi connectivity index (χ1v) is 11.8. The number of aryl methyl sites for hydroxylation is 1. The highest BCUT2D eigenvalue weighted by Crippen LogP contribution is 2.43. The van der Waals surface area contributed by atoms with Gasteiger partial charge in [-0.2, -0.15) is 0 Å². The van der Waals surface area contributed by atoms with Crippen LogP contribution >= 0.6 is 11.8 Å². The van der Waals surface area contributed by atoms with Gasteiger partial charge in [-0.3, -0.25) is 4.79 Å². The van der Waals surface area contributed by atoms with Gasteiger partial charge in [-0.15, -0.1) is 11.8 Å². The van der Waals surface area contributed by atoms with Gasteiger partial charge in [0.1, 0.15) is 5.56 Å². The highest BCUT2D eigenvalue weighted by molar-refractivity contribution is 8.03. The van der Waals surface area contributed by atoms with Crippen molar-refractivity contribution in [2.24, 2.45) is 11.1 Å². The molecule has 9 heteroatoms. The molecule has 0 radical (unpaired) electrons. The first kappa shape index (κ1) is 20.9. The SMILES string of the molecule is Cc1c(N2CCC3=C(C2)/C(=N/O)C(C)CS3)c(N)cc2c(=O)c(C(=O)O)cn(C3CC3)c12. The number of benzene rings is 1. The summed E-state index contributed by atoms with van der Waals surface area (Å²) in [5.41, 5.74) is 10.5. The lowest BCUT2D eigenvalue weighted by atomic mass is 9.94. The second-order valence-electron chi connectivity index (χ2n) is 8.92. The zero-order chi connectivity index (χ0) is 22.7. The number of carbonyl (C=O) groups is 1. The summed E-state index contributed by atoms with van der Waals surface area (Å²) < 4.78 is 1.95. The third-order valence-corrected chi connectivity index (χ3v) is 8.19. The van der Waals surface area contributed by atoms with Crippen LogP contribution in [0.1, 0.15) is 48.1 Å². The van der Waals surface area contributed by atoms with Crippen LogP contribution in [0.4, 0.5) is 11.4 Å². The summed E-state index contributed by atoms with van der Waals surface area (Å²) in [5.74, 6) is -0.135. The molecule has 8 nitrogen and oxygen atoms in total. The van der Waals surface area contributed by atoms with Gasteiger partial charge in [-0.05, 0) is 42.7 Å². The number of hydrogen-bond donors (Lipinski definition) is 3. The Hall–Kier alpha value is -2.94. The molecule has 3 aliphatic rings. The molecule has 0 bridgehead atoms. The molecule has 0 saturated heterocycles. The molecule has 2 aliphatic heterocycles. The molecular weight excluding hydrogens is 428 g/mol. The Kier molecular flexibility index (Phi) is 4.96. The van der Waals surface area contributed by atoms with Gasteiger partial charge < -0.3 is 25.5 Å². The van der Waals surface area contributed by atoms with Crippen LogP contribution in [-0.4, -0.2) is 45.4 Å². The number of fused-ring (bicyclic) bond motifs is 1. The maximum atomic E-state index is 12.9. The third kappa shape index (κ3) is 3.18. The van der Waals surface area contributed by atoms with E-state index >= 15 is 0 Å². The first-order chi connectivity index (χ1) is 15.3. The summed E-state index contributed by atoms with van der Waals surface area (Å²) in [6, 6.07) is 1.83. The van der Waals surface area contributed by atoms with E-state index in [-0.39, 0.29) is 17.5 Å². The minimum atomic E-state index is -1.22. The monoisotopic (exact) mass is 454 g/mol.